The summed E-state index contributed by atoms with van der Waals surface area (Å²) in [5.41, 5.74) is 0. The van der Waals surface area contributed by atoms with Crippen molar-refractivity contribution in [2.45, 2.75) is 149 Å². The molecular formula is C25H54O2Si. The fraction of sp³-hybridized carbons (Fsp3) is 1.00. The molecule has 28 heavy (non-hydrogen) atoms. The van der Waals surface area contributed by atoms with Gasteiger partial charge in [-0.3, -0.25) is 0 Å². The van der Waals surface area contributed by atoms with Gasteiger partial charge < -0.3 is 8.85 Å². The number of hydrogen-bond donors (Lipinski definition) is 0. The largest absolute Gasteiger partial charge is 0.394 e. The van der Waals surface area contributed by atoms with E-state index in [0.717, 1.165) is 13.2 Å². The molecule has 0 heterocycles. The molecule has 0 N–H and O–H groups in total. The first-order chi connectivity index (χ1) is 13.7. The molecule has 170 valence electrons. The first-order valence-corrected chi connectivity index (χ1v) is 15.3. The normalized spacial score (nSPS) is 12.0. The minimum Gasteiger partial charge on any atom is -0.394 e. The highest BCUT2D eigenvalue weighted by Gasteiger charge is 2.35. The van der Waals surface area contributed by atoms with Crippen molar-refractivity contribution in [2.24, 2.45) is 0 Å². The van der Waals surface area contributed by atoms with Gasteiger partial charge >= 0.3 is 8.56 Å². The second-order valence-electron chi connectivity index (χ2n) is 8.58. The monoisotopic (exact) mass is 414 g/mol. The highest BCUT2D eigenvalue weighted by molar-refractivity contribution is 6.67. The Morgan fingerprint density at radius 1 is 0.393 bits per heavy atom. The number of rotatable bonds is 23. The Hall–Kier alpha value is 0.137. The Kier molecular flexibility index (Phi) is 21.9. The zero-order chi connectivity index (χ0) is 20.8. The second-order valence-corrected chi connectivity index (χ2v) is 12.0. The van der Waals surface area contributed by atoms with Gasteiger partial charge in [-0.1, -0.05) is 123 Å². The zero-order valence-corrected chi connectivity index (χ0v) is 21.2. The van der Waals surface area contributed by atoms with E-state index in [2.05, 4.69) is 27.7 Å². The van der Waals surface area contributed by atoms with Crippen LogP contribution in [0.3, 0.4) is 0 Å². The van der Waals surface area contributed by atoms with E-state index in [1.807, 2.05) is 0 Å². The van der Waals surface area contributed by atoms with E-state index in [4.69, 9.17) is 8.85 Å². The van der Waals surface area contributed by atoms with Gasteiger partial charge in [-0.15, -0.1) is 0 Å². The first-order valence-electron chi connectivity index (χ1n) is 13.0. The summed E-state index contributed by atoms with van der Waals surface area (Å²) in [6, 6.07) is 2.42. The lowest BCUT2D eigenvalue weighted by molar-refractivity contribution is 0.180. The third-order valence-electron chi connectivity index (χ3n) is 5.89. The minimum absolute atomic E-state index is 0.820. The Labute approximate surface area is 179 Å². The topological polar surface area (TPSA) is 18.5 Å². The predicted octanol–water partition coefficient (Wildman–Crippen LogP) is 9.17. The molecule has 0 rings (SSSR count). The molecule has 0 saturated heterocycles. The van der Waals surface area contributed by atoms with Gasteiger partial charge in [-0.05, 0) is 25.9 Å². The molecule has 0 aromatic heterocycles. The van der Waals surface area contributed by atoms with Gasteiger partial charge in [0.05, 0.1) is 0 Å². The van der Waals surface area contributed by atoms with Crippen LogP contribution >= 0.6 is 0 Å². The molecule has 0 aliphatic carbocycles. The summed E-state index contributed by atoms with van der Waals surface area (Å²) >= 11 is 0. The smallest absolute Gasteiger partial charge is 0.338 e. The molecule has 0 fully saturated rings. The summed E-state index contributed by atoms with van der Waals surface area (Å²) in [7, 11) is -1.96. The van der Waals surface area contributed by atoms with Crippen LogP contribution in [-0.2, 0) is 8.85 Å². The average Bonchev–Trinajstić information content (AvgIpc) is 2.69. The molecule has 0 saturated carbocycles. The number of hydrogen-bond acceptors (Lipinski definition) is 2. The fourth-order valence-corrected chi connectivity index (χ4v) is 7.75. The minimum atomic E-state index is -1.96. The standard InChI is InChI=1S/C25H54O2Si/c1-5-9-11-13-15-16-17-19-21-23-25-28(26-7-3,27-8-4)24-22-20-18-14-12-10-6-2/h5-25H2,1-4H3. The molecule has 0 aliphatic rings. The summed E-state index contributed by atoms with van der Waals surface area (Å²) in [5.74, 6) is 0. The van der Waals surface area contributed by atoms with E-state index in [0.29, 0.717) is 0 Å². The molecule has 0 spiro atoms. The Balaban J connectivity index is 3.96. The molecule has 0 unspecified atom stereocenters. The Morgan fingerprint density at radius 2 is 0.679 bits per heavy atom. The van der Waals surface area contributed by atoms with Crippen LogP contribution < -0.4 is 0 Å². The van der Waals surface area contributed by atoms with Crippen molar-refractivity contribution in [2.75, 3.05) is 13.2 Å². The number of unbranched alkanes of at least 4 members (excludes halogenated alkanes) is 15. The average molecular weight is 415 g/mol. The van der Waals surface area contributed by atoms with E-state index >= 15 is 0 Å². The van der Waals surface area contributed by atoms with Crippen LogP contribution in [-0.4, -0.2) is 21.8 Å². The first kappa shape index (κ1) is 28.1. The highest BCUT2D eigenvalue weighted by atomic mass is 28.4. The fourth-order valence-electron chi connectivity index (χ4n) is 4.21. The summed E-state index contributed by atoms with van der Waals surface area (Å²) in [5, 5.41) is 0. The molecule has 0 bridgehead atoms. The molecule has 0 radical (unpaired) electrons. The quantitative estimate of drug-likeness (QED) is 0.122. The van der Waals surface area contributed by atoms with Crippen LogP contribution in [0.1, 0.15) is 137 Å². The van der Waals surface area contributed by atoms with Crippen molar-refractivity contribution < 1.29 is 8.85 Å². The van der Waals surface area contributed by atoms with Crippen molar-refractivity contribution in [3.8, 4) is 0 Å². The summed E-state index contributed by atoms with van der Waals surface area (Å²) in [6.45, 7) is 10.5. The van der Waals surface area contributed by atoms with E-state index in [9.17, 15) is 0 Å². The van der Waals surface area contributed by atoms with Crippen molar-refractivity contribution in [3.63, 3.8) is 0 Å². The van der Waals surface area contributed by atoms with Crippen molar-refractivity contribution >= 4 is 8.56 Å². The van der Waals surface area contributed by atoms with Crippen molar-refractivity contribution in [1.29, 1.82) is 0 Å². The lowest BCUT2D eigenvalue weighted by Crippen LogP contribution is -2.42. The Bertz CT molecular complexity index is 290. The molecule has 0 aliphatic heterocycles. The van der Waals surface area contributed by atoms with Gasteiger partial charge in [-0.25, -0.2) is 0 Å². The molecule has 0 atom stereocenters. The van der Waals surface area contributed by atoms with Crippen LogP contribution in [0.4, 0.5) is 0 Å². The predicted molar refractivity (Wildman–Crippen MR) is 128 cm³/mol. The molecule has 0 aromatic carbocycles. The summed E-state index contributed by atoms with van der Waals surface area (Å²) in [6.07, 6.45) is 23.6. The second kappa shape index (κ2) is 21.8. The lowest BCUT2D eigenvalue weighted by Gasteiger charge is -2.30. The summed E-state index contributed by atoms with van der Waals surface area (Å²) in [4.78, 5) is 0. The van der Waals surface area contributed by atoms with Crippen LogP contribution in [0.5, 0.6) is 0 Å². The van der Waals surface area contributed by atoms with Gasteiger partial charge in [-0.2, -0.15) is 0 Å². The maximum atomic E-state index is 6.31. The maximum absolute atomic E-state index is 6.31. The van der Waals surface area contributed by atoms with Crippen LogP contribution in [0, 0.1) is 0 Å². The van der Waals surface area contributed by atoms with E-state index < -0.39 is 8.56 Å². The third kappa shape index (κ3) is 17.0. The third-order valence-corrected chi connectivity index (χ3v) is 9.75. The molecular weight excluding hydrogens is 360 g/mol. The highest BCUT2D eigenvalue weighted by Crippen LogP contribution is 2.26. The SMILES string of the molecule is CCCCCCCCCCCC[Si](CCCCCCCCC)(OCC)OCC. The van der Waals surface area contributed by atoms with Gasteiger partial charge in [0, 0.05) is 13.2 Å². The lowest BCUT2D eigenvalue weighted by atomic mass is 10.1. The van der Waals surface area contributed by atoms with E-state index in [1.165, 1.54) is 121 Å². The van der Waals surface area contributed by atoms with E-state index in [1.54, 1.807) is 0 Å². The van der Waals surface area contributed by atoms with Crippen LogP contribution in [0.15, 0.2) is 0 Å². The van der Waals surface area contributed by atoms with Crippen LogP contribution in [0.2, 0.25) is 12.1 Å². The maximum Gasteiger partial charge on any atom is 0.338 e. The molecule has 3 heteroatoms. The molecule has 2 nitrogen and oxygen atoms in total. The Morgan fingerprint density at radius 3 is 0.964 bits per heavy atom. The zero-order valence-electron chi connectivity index (χ0n) is 20.2. The molecule has 0 aromatic rings. The summed E-state index contributed by atoms with van der Waals surface area (Å²) < 4.78 is 12.6. The van der Waals surface area contributed by atoms with Crippen molar-refractivity contribution in [3.05, 3.63) is 0 Å². The van der Waals surface area contributed by atoms with Crippen molar-refractivity contribution in [1.82, 2.24) is 0 Å². The van der Waals surface area contributed by atoms with Gasteiger partial charge in [0.25, 0.3) is 0 Å². The molecule has 0 amide bonds. The van der Waals surface area contributed by atoms with Crippen LogP contribution in [0.25, 0.3) is 0 Å². The van der Waals surface area contributed by atoms with E-state index in [-0.39, 0.29) is 0 Å². The van der Waals surface area contributed by atoms with Gasteiger partial charge in [0.2, 0.25) is 0 Å². The van der Waals surface area contributed by atoms with Gasteiger partial charge in [0.15, 0.2) is 0 Å². The van der Waals surface area contributed by atoms with Gasteiger partial charge in [0.1, 0.15) is 0 Å².